The smallest absolute Gasteiger partial charge is 0.338 e. The van der Waals surface area contributed by atoms with Gasteiger partial charge in [-0.3, -0.25) is 0 Å². The number of benzene rings is 1. The maximum absolute atomic E-state index is 11.6. The molecule has 0 bridgehead atoms. The molecular formula is C11H14N2O8S. The molecule has 0 aliphatic heterocycles. The van der Waals surface area contributed by atoms with Crippen molar-refractivity contribution in [2.45, 2.75) is 4.90 Å². The molecule has 0 aromatic heterocycles. The van der Waals surface area contributed by atoms with Crippen molar-refractivity contribution in [2.75, 3.05) is 26.4 Å². The van der Waals surface area contributed by atoms with Gasteiger partial charge in [-0.15, -0.1) is 10.1 Å². The Balaban J connectivity index is 2.30. The minimum atomic E-state index is -3.81. The molecule has 0 amide bonds. The van der Waals surface area contributed by atoms with Gasteiger partial charge in [0.15, 0.2) is 0 Å². The Morgan fingerprint density at radius 2 is 1.73 bits per heavy atom. The van der Waals surface area contributed by atoms with Crippen molar-refractivity contribution < 1.29 is 32.6 Å². The topological polar surface area (TPSA) is 148 Å². The Labute approximate surface area is 125 Å². The van der Waals surface area contributed by atoms with Gasteiger partial charge in [0.2, 0.25) is 10.0 Å². The average molecular weight is 334 g/mol. The number of esters is 1. The molecule has 0 radical (unpaired) electrons. The van der Waals surface area contributed by atoms with Crippen LogP contribution in [-0.2, 0) is 24.3 Å². The Morgan fingerprint density at radius 3 is 2.27 bits per heavy atom. The van der Waals surface area contributed by atoms with E-state index in [9.17, 15) is 23.3 Å². The van der Waals surface area contributed by atoms with E-state index in [1.54, 1.807) is 0 Å². The van der Waals surface area contributed by atoms with Gasteiger partial charge >= 0.3 is 5.97 Å². The molecule has 0 saturated carbocycles. The summed E-state index contributed by atoms with van der Waals surface area (Å²) in [5, 5.41) is 13.8. The van der Waals surface area contributed by atoms with Gasteiger partial charge in [0.25, 0.3) is 5.09 Å². The van der Waals surface area contributed by atoms with E-state index < -0.39 is 21.1 Å². The first-order chi connectivity index (χ1) is 10.3. The normalized spacial score (nSPS) is 11.0. The summed E-state index contributed by atoms with van der Waals surface area (Å²) in [5.41, 5.74) is 0.157. The van der Waals surface area contributed by atoms with E-state index in [0.717, 1.165) is 0 Å². The second-order valence-corrected chi connectivity index (χ2v) is 5.44. The summed E-state index contributed by atoms with van der Waals surface area (Å²) in [6.45, 7) is -0.242. The molecule has 0 heterocycles. The lowest BCUT2D eigenvalue weighted by Crippen LogP contribution is -2.15. The van der Waals surface area contributed by atoms with Crippen LogP contribution in [0.3, 0.4) is 0 Å². The molecule has 122 valence electrons. The molecule has 0 unspecified atom stereocenters. The molecule has 0 atom stereocenters. The second kappa shape index (κ2) is 8.26. The zero-order valence-corrected chi connectivity index (χ0v) is 12.2. The summed E-state index contributed by atoms with van der Waals surface area (Å²) in [7, 11) is -3.81. The van der Waals surface area contributed by atoms with Crippen molar-refractivity contribution in [1.82, 2.24) is 0 Å². The van der Waals surface area contributed by atoms with Crippen LogP contribution in [0.1, 0.15) is 10.4 Å². The van der Waals surface area contributed by atoms with Crippen LogP contribution in [0, 0.1) is 10.1 Å². The Bertz CT molecular complexity index is 613. The molecule has 0 aliphatic carbocycles. The van der Waals surface area contributed by atoms with E-state index >= 15 is 0 Å². The van der Waals surface area contributed by atoms with E-state index in [4.69, 9.17) is 14.6 Å². The average Bonchev–Trinajstić information content (AvgIpc) is 2.45. The zero-order valence-electron chi connectivity index (χ0n) is 11.3. The first-order valence-corrected chi connectivity index (χ1v) is 7.50. The van der Waals surface area contributed by atoms with E-state index in [2.05, 4.69) is 4.84 Å². The van der Waals surface area contributed by atoms with Crippen LogP contribution >= 0.6 is 0 Å². The van der Waals surface area contributed by atoms with Gasteiger partial charge < -0.3 is 14.3 Å². The van der Waals surface area contributed by atoms with Crippen molar-refractivity contribution in [1.29, 1.82) is 0 Å². The number of nitrogens with two attached hydrogens (primary N) is 1. The van der Waals surface area contributed by atoms with Gasteiger partial charge in [-0.2, -0.15) is 0 Å². The maximum Gasteiger partial charge on any atom is 0.338 e. The van der Waals surface area contributed by atoms with Crippen molar-refractivity contribution in [3.8, 4) is 0 Å². The van der Waals surface area contributed by atoms with Crippen molar-refractivity contribution in [3.63, 3.8) is 0 Å². The van der Waals surface area contributed by atoms with Crippen LogP contribution in [0.25, 0.3) is 0 Å². The molecule has 22 heavy (non-hydrogen) atoms. The van der Waals surface area contributed by atoms with Crippen LogP contribution in [0.5, 0.6) is 0 Å². The third-order valence-electron chi connectivity index (χ3n) is 2.30. The molecule has 1 aromatic rings. The van der Waals surface area contributed by atoms with Gasteiger partial charge in [0.05, 0.1) is 23.7 Å². The molecule has 0 aliphatic rings. The number of hydrogen-bond donors (Lipinski definition) is 1. The molecule has 10 nitrogen and oxygen atoms in total. The molecule has 0 saturated heterocycles. The monoisotopic (exact) mass is 334 g/mol. The Morgan fingerprint density at radius 1 is 1.14 bits per heavy atom. The van der Waals surface area contributed by atoms with Crippen molar-refractivity contribution in [2.24, 2.45) is 5.14 Å². The molecule has 1 aromatic carbocycles. The van der Waals surface area contributed by atoms with Gasteiger partial charge in [-0.05, 0) is 24.3 Å². The first kappa shape index (κ1) is 17.8. The number of rotatable bonds is 9. The molecule has 0 spiro atoms. The van der Waals surface area contributed by atoms with Gasteiger partial charge in [0, 0.05) is 0 Å². The number of ether oxygens (including phenoxy) is 2. The van der Waals surface area contributed by atoms with E-state index in [1.165, 1.54) is 24.3 Å². The number of carbonyl (C=O) groups is 1. The van der Waals surface area contributed by atoms with Gasteiger partial charge in [-0.1, -0.05) is 0 Å². The number of primary sulfonamides is 1. The highest BCUT2D eigenvalue weighted by Crippen LogP contribution is 2.09. The summed E-state index contributed by atoms with van der Waals surface area (Å²) in [4.78, 5) is 25.3. The molecular weight excluding hydrogens is 320 g/mol. The van der Waals surface area contributed by atoms with E-state index in [1.807, 2.05) is 0 Å². The summed E-state index contributed by atoms with van der Waals surface area (Å²) in [6.07, 6.45) is 0. The Kier molecular flexibility index (Phi) is 6.69. The maximum atomic E-state index is 11.6. The number of hydrogen-bond acceptors (Lipinski definition) is 8. The SMILES string of the molecule is NS(=O)(=O)c1ccc(C(=O)OCCOCCO[N+](=O)[O-])cc1. The molecule has 0 fully saturated rings. The fourth-order valence-corrected chi connectivity index (χ4v) is 1.85. The zero-order chi connectivity index (χ0) is 16.6. The molecule has 2 N–H and O–H groups in total. The van der Waals surface area contributed by atoms with Crippen LogP contribution in [0.4, 0.5) is 0 Å². The number of sulfonamides is 1. The molecule has 11 heteroatoms. The summed E-state index contributed by atoms with van der Waals surface area (Å²) < 4.78 is 31.9. The quantitative estimate of drug-likeness (QED) is 0.280. The van der Waals surface area contributed by atoms with Gasteiger partial charge in [-0.25, -0.2) is 18.4 Å². The van der Waals surface area contributed by atoms with Crippen LogP contribution in [0.15, 0.2) is 29.2 Å². The van der Waals surface area contributed by atoms with Crippen molar-refractivity contribution in [3.05, 3.63) is 39.9 Å². The van der Waals surface area contributed by atoms with Crippen LogP contribution in [0.2, 0.25) is 0 Å². The lowest BCUT2D eigenvalue weighted by Gasteiger charge is -2.06. The first-order valence-electron chi connectivity index (χ1n) is 5.96. The minimum Gasteiger partial charge on any atom is -0.460 e. The highest BCUT2D eigenvalue weighted by Gasteiger charge is 2.11. The summed E-state index contributed by atoms with van der Waals surface area (Å²) in [5.74, 6) is -0.661. The van der Waals surface area contributed by atoms with E-state index in [0.29, 0.717) is 0 Å². The fraction of sp³-hybridized carbons (Fsp3) is 0.364. The highest BCUT2D eigenvalue weighted by atomic mass is 32.2. The predicted octanol–water partition coefficient (Wildman–Crippen LogP) is -0.284. The highest BCUT2D eigenvalue weighted by molar-refractivity contribution is 7.89. The van der Waals surface area contributed by atoms with Gasteiger partial charge in [0.1, 0.15) is 13.2 Å². The molecule has 1 rings (SSSR count). The lowest BCUT2D eigenvalue weighted by molar-refractivity contribution is -0.758. The third kappa shape index (κ3) is 6.47. The second-order valence-electron chi connectivity index (χ2n) is 3.87. The van der Waals surface area contributed by atoms with Crippen LogP contribution in [-0.4, -0.2) is 45.9 Å². The lowest BCUT2D eigenvalue weighted by atomic mass is 10.2. The number of nitrogens with zero attached hydrogens (tertiary/aromatic N) is 1. The summed E-state index contributed by atoms with van der Waals surface area (Å²) >= 11 is 0. The third-order valence-corrected chi connectivity index (χ3v) is 3.23. The fourth-order valence-electron chi connectivity index (χ4n) is 1.33. The minimum absolute atomic E-state index is 0.0123. The van der Waals surface area contributed by atoms with Crippen LogP contribution < -0.4 is 5.14 Å². The van der Waals surface area contributed by atoms with E-state index in [-0.39, 0.29) is 36.9 Å². The predicted molar refractivity (Wildman–Crippen MR) is 71.9 cm³/mol. The standard InChI is InChI=1S/C11H14N2O8S/c12-22(17,18)10-3-1-9(2-4-10)11(14)20-7-5-19-6-8-21-13(15)16/h1-4H,5-8H2,(H2,12,17,18). The number of carbonyl (C=O) groups excluding carboxylic acids is 1. The Hall–Kier alpha value is -2.24. The summed E-state index contributed by atoms with van der Waals surface area (Å²) in [6, 6.07) is 4.93. The van der Waals surface area contributed by atoms with Crippen molar-refractivity contribution >= 4 is 16.0 Å². The largest absolute Gasteiger partial charge is 0.460 e.